The lowest BCUT2D eigenvalue weighted by molar-refractivity contribution is 0.131. The van der Waals surface area contributed by atoms with Crippen molar-refractivity contribution in [2.24, 2.45) is 13.0 Å². The van der Waals surface area contributed by atoms with E-state index in [0.717, 1.165) is 31.5 Å². The van der Waals surface area contributed by atoms with Crippen LogP contribution in [0.3, 0.4) is 0 Å². The molecule has 2 atom stereocenters. The molecule has 1 aliphatic carbocycles. The summed E-state index contributed by atoms with van der Waals surface area (Å²) in [5.41, 5.74) is 0. The van der Waals surface area contributed by atoms with Crippen LogP contribution in [0.1, 0.15) is 25.1 Å². The Morgan fingerprint density at radius 1 is 1.54 bits per heavy atom. The summed E-state index contributed by atoms with van der Waals surface area (Å²) in [6.45, 7) is 0. The van der Waals surface area contributed by atoms with Crippen molar-refractivity contribution < 1.29 is 5.11 Å². The summed E-state index contributed by atoms with van der Waals surface area (Å²) in [7, 11) is 1.83. The molecular weight excluding hydrogens is 168 g/mol. The van der Waals surface area contributed by atoms with E-state index in [1.54, 1.807) is 4.68 Å². The normalized spacial score (nSPS) is 28.2. The Morgan fingerprint density at radius 3 is 2.92 bits per heavy atom. The Hall–Kier alpha value is -0.970. The van der Waals surface area contributed by atoms with E-state index in [4.69, 9.17) is 0 Å². The van der Waals surface area contributed by atoms with E-state index in [-0.39, 0.29) is 6.10 Å². The van der Waals surface area contributed by atoms with Crippen molar-refractivity contribution >= 4 is 0 Å². The lowest BCUT2D eigenvalue weighted by Gasteiger charge is -2.12. The van der Waals surface area contributed by atoms with Crippen molar-refractivity contribution in [2.45, 2.75) is 31.8 Å². The highest BCUT2D eigenvalue weighted by atomic mass is 16.3. The monoisotopic (exact) mass is 182 g/mol. The van der Waals surface area contributed by atoms with Crippen LogP contribution < -0.4 is 0 Å². The van der Waals surface area contributed by atoms with Crippen LogP contribution in [0.5, 0.6) is 0 Å². The minimum atomic E-state index is -0.156. The first-order valence-corrected chi connectivity index (χ1v) is 4.66. The van der Waals surface area contributed by atoms with Gasteiger partial charge in [0.05, 0.1) is 6.10 Å². The Balaban J connectivity index is 2.01. The van der Waals surface area contributed by atoms with E-state index in [1.807, 2.05) is 7.05 Å². The van der Waals surface area contributed by atoms with Crippen molar-refractivity contribution in [3.8, 4) is 0 Å². The van der Waals surface area contributed by atoms with Gasteiger partial charge >= 0.3 is 0 Å². The molecule has 0 amide bonds. The fourth-order valence-electron chi connectivity index (χ4n) is 1.91. The van der Waals surface area contributed by atoms with Gasteiger partial charge in [-0.1, -0.05) is 6.42 Å². The van der Waals surface area contributed by atoms with Gasteiger partial charge in [0, 0.05) is 13.5 Å². The zero-order chi connectivity index (χ0) is 9.26. The summed E-state index contributed by atoms with van der Waals surface area (Å²) >= 11 is 0. The van der Waals surface area contributed by atoms with Gasteiger partial charge in [-0.25, -0.2) is 4.68 Å². The highest BCUT2D eigenvalue weighted by molar-refractivity contribution is 4.88. The lowest BCUT2D eigenvalue weighted by atomic mass is 10.0. The summed E-state index contributed by atoms with van der Waals surface area (Å²) in [4.78, 5) is 0. The van der Waals surface area contributed by atoms with Crippen molar-refractivity contribution in [2.75, 3.05) is 0 Å². The third kappa shape index (κ3) is 1.70. The summed E-state index contributed by atoms with van der Waals surface area (Å²) in [6, 6.07) is 0. The van der Waals surface area contributed by atoms with Gasteiger partial charge < -0.3 is 5.11 Å². The van der Waals surface area contributed by atoms with E-state index in [0.29, 0.717) is 5.92 Å². The highest BCUT2D eigenvalue weighted by Crippen LogP contribution is 2.27. The molecule has 0 bridgehead atoms. The molecule has 1 fully saturated rings. The van der Waals surface area contributed by atoms with Crippen molar-refractivity contribution in [1.29, 1.82) is 0 Å². The zero-order valence-corrected chi connectivity index (χ0v) is 7.72. The van der Waals surface area contributed by atoms with Gasteiger partial charge in [-0.3, -0.25) is 0 Å². The largest absolute Gasteiger partial charge is 0.393 e. The molecule has 1 saturated carbocycles. The number of aromatic nitrogens is 4. The quantitative estimate of drug-likeness (QED) is 0.694. The molecule has 0 unspecified atom stereocenters. The number of aryl methyl sites for hydroxylation is 1. The maximum absolute atomic E-state index is 9.60. The van der Waals surface area contributed by atoms with E-state index in [1.165, 1.54) is 0 Å². The van der Waals surface area contributed by atoms with E-state index >= 15 is 0 Å². The molecule has 72 valence electrons. The summed E-state index contributed by atoms with van der Waals surface area (Å²) in [5, 5.41) is 20.8. The number of rotatable bonds is 2. The van der Waals surface area contributed by atoms with Crippen LogP contribution in [0.15, 0.2) is 0 Å². The first-order valence-electron chi connectivity index (χ1n) is 4.66. The standard InChI is InChI=1S/C8H14N4O/c1-12-8(9-10-11-12)5-6-3-2-4-7(6)13/h6-7,13H,2-5H2,1H3/t6-,7+/m0/s1. The van der Waals surface area contributed by atoms with Crippen LogP contribution in [-0.2, 0) is 13.5 Å². The first-order chi connectivity index (χ1) is 6.27. The van der Waals surface area contributed by atoms with Gasteiger partial charge in [0.1, 0.15) is 0 Å². The average Bonchev–Trinajstić information content (AvgIpc) is 2.65. The van der Waals surface area contributed by atoms with Crippen LogP contribution in [0, 0.1) is 5.92 Å². The maximum atomic E-state index is 9.60. The van der Waals surface area contributed by atoms with Gasteiger partial charge in [-0.15, -0.1) is 5.10 Å². The van der Waals surface area contributed by atoms with E-state index in [2.05, 4.69) is 15.5 Å². The Morgan fingerprint density at radius 2 is 2.38 bits per heavy atom. The molecule has 1 heterocycles. The molecule has 0 aromatic carbocycles. The van der Waals surface area contributed by atoms with Crippen LogP contribution in [0.25, 0.3) is 0 Å². The molecule has 1 aromatic heterocycles. The molecule has 0 aliphatic heterocycles. The van der Waals surface area contributed by atoms with Gasteiger partial charge in [-0.05, 0) is 29.2 Å². The van der Waals surface area contributed by atoms with Crippen LogP contribution in [0.4, 0.5) is 0 Å². The van der Waals surface area contributed by atoms with Crippen molar-refractivity contribution in [3.63, 3.8) is 0 Å². The topological polar surface area (TPSA) is 63.8 Å². The van der Waals surface area contributed by atoms with Crippen LogP contribution in [-0.4, -0.2) is 31.4 Å². The van der Waals surface area contributed by atoms with Crippen molar-refractivity contribution in [3.05, 3.63) is 5.82 Å². The fourth-order valence-corrected chi connectivity index (χ4v) is 1.91. The number of tetrazole rings is 1. The fraction of sp³-hybridized carbons (Fsp3) is 0.875. The number of hydrogen-bond acceptors (Lipinski definition) is 4. The summed E-state index contributed by atoms with van der Waals surface area (Å²) in [6.07, 6.45) is 3.78. The SMILES string of the molecule is Cn1nnnc1C[C@@H]1CCC[C@H]1O. The minimum absolute atomic E-state index is 0.156. The molecule has 5 nitrogen and oxygen atoms in total. The second kappa shape index (κ2) is 3.41. The van der Waals surface area contributed by atoms with Gasteiger partial charge in [-0.2, -0.15) is 0 Å². The molecule has 1 aliphatic rings. The van der Waals surface area contributed by atoms with E-state index < -0.39 is 0 Å². The van der Waals surface area contributed by atoms with Crippen LogP contribution >= 0.6 is 0 Å². The van der Waals surface area contributed by atoms with E-state index in [9.17, 15) is 5.11 Å². The minimum Gasteiger partial charge on any atom is -0.393 e. The smallest absolute Gasteiger partial charge is 0.151 e. The summed E-state index contributed by atoms with van der Waals surface area (Å²) < 4.78 is 1.67. The average molecular weight is 182 g/mol. The number of hydrogen-bond donors (Lipinski definition) is 1. The highest BCUT2D eigenvalue weighted by Gasteiger charge is 2.26. The molecule has 2 rings (SSSR count). The van der Waals surface area contributed by atoms with Gasteiger partial charge in [0.2, 0.25) is 0 Å². The second-order valence-corrected chi connectivity index (χ2v) is 3.68. The molecule has 1 aromatic rings. The maximum Gasteiger partial charge on any atom is 0.151 e. The second-order valence-electron chi connectivity index (χ2n) is 3.68. The Kier molecular flexibility index (Phi) is 2.26. The molecule has 0 saturated heterocycles. The number of aliphatic hydroxyl groups excluding tert-OH is 1. The third-order valence-corrected chi connectivity index (χ3v) is 2.77. The zero-order valence-electron chi connectivity index (χ0n) is 7.72. The van der Waals surface area contributed by atoms with Gasteiger partial charge in [0.15, 0.2) is 5.82 Å². The molecule has 0 radical (unpaired) electrons. The molecule has 5 heteroatoms. The molecule has 1 N–H and O–H groups in total. The van der Waals surface area contributed by atoms with Crippen LogP contribution in [0.2, 0.25) is 0 Å². The molecular formula is C8H14N4O. The van der Waals surface area contributed by atoms with Crippen molar-refractivity contribution in [1.82, 2.24) is 20.2 Å². The first kappa shape index (κ1) is 8.62. The Bertz CT molecular complexity index is 285. The molecule has 0 spiro atoms. The predicted octanol–water partition coefficient (Wildman–Crippen LogP) is -0.0864. The molecule has 13 heavy (non-hydrogen) atoms. The Labute approximate surface area is 76.8 Å². The summed E-state index contributed by atoms with van der Waals surface area (Å²) in [5.74, 6) is 1.22. The lowest BCUT2D eigenvalue weighted by Crippen LogP contribution is -2.17. The predicted molar refractivity (Wildman–Crippen MR) is 45.8 cm³/mol. The van der Waals surface area contributed by atoms with Gasteiger partial charge in [0.25, 0.3) is 0 Å². The third-order valence-electron chi connectivity index (χ3n) is 2.77. The number of aliphatic hydroxyl groups is 1. The number of nitrogens with zero attached hydrogens (tertiary/aromatic N) is 4.